The van der Waals surface area contributed by atoms with Crippen molar-refractivity contribution < 1.29 is 9.18 Å². The molecule has 0 unspecified atom stereocenters. The van der Waals surface area contributed by atoms with E-state index in [9.17, 15) is 9.18 Å². The lowest BCUT2D eigenvalue weighted by Gasteiger charge is -2.04. The Hall–Kier alpha value is -2.31. The fourth-order valence-electron chi connectivity index (χ4n) is 1.24. The Morgan fingerprint density at radius 3 is 3.00 bits per heavy atom. The number of hydrogen-bond acceptors (Lipinski definition) is 4. The molecule has 0 aromatic carbocycles. The van der Waals surface area contributed by atoms with E-state index >= 15 is 0 Å². The second-order valence-electron chi connectivity index (χ2n) is 3.33. The van der Waals surface area contributed by atoms with Crippen molar-refractivity contribution in [3.8, 4) is 0 Å². The van der Waals surface area contributed by atoms with Crippen LogP contribution in [0.3, 0.4) is 0 Å². The average Bonchev–Trinajstić information content (AvgIpc) is 2.83. The standard InChI is InChI=1S/C10H10FN5O/c11-9-2-1-8(5-13-9)15-10(17)3-4-16-7-12-6-14-16/h1-2,5-7H,3-4H2,(H,15,17). The SMILES string of the molecule is O=C(CCn1cncn1)Nc1ccc(F)nc1. The zero-order valence-corrected chi connectivity index (χ0v) is 8.88. The van der Waals surface area contributed by atoms with E-state index in [1.807, 2.05) is 0 Å². The van der Waals surface area contributed by atoms with Crippen LogP contribution in [-0.2, 0) is 11.3 Å². The highest BCUT2D eigenvalue weighted by molar-refractivity contribution is 5.90. The summed E-state index contributed by atoms with van der Waals surface area (Å²) in [5.74, 6) is -0.764. The highest BCUT2D eigenvalue weighted by Gasteiger charge is 2.03. The van der Waals surface area contributed by atoms with Gasteiger partial charge in [-0.25, -0.2) is 9.97 Å². The molecule has 2 aromatic heterocycles. The summed E-state index contributed by atoms with van der Waals surface area (Å²) in [5.41, 5.74) is 0.468. The van der Waals surface area contributed by atoms with Crippen LogP contribution in [-0.4, -0.2) is 25.7 Å². The van der Waals surface area contributed by atoms with E-state index in [0.29, 0.717) is 12.2 Å². The van der Waals surface area contributed by atoms with Crippen molar-refractivity contribution in [3.05, 3.63) is 36.9 Å². The molecule has 0 saturated carbocycles. The number of rotatable bonds is 4. The lowest BCUT2D eigenvalue weighted by molar-refractivity contribution is -0.116. The van der Waals surface area contributed by atoms with Crippen LogP contribution >= 0.6 is 0 Å². The van der Waals surface area contributed by atoms with Crippen molar-refractivity contribution in [2.75, 3.05) is 5.32 Å². The van der Waals surface area contributed by atoms with Crippen molar-refractivity contribution in [1.29, 1.82) is 0 Å². The van der Waals surface area contributed by atoms with E-state index in [1.165, 1.54) is 31.0 Å². The number of nitrogens with zero attached hydrogens (tertiary/aromatic N) is 4. The van der Waals surface area contributed by atoms with E-state index in [-0.39, 0.29) is 12.3 Å². The monoisotopic (exact) mass is 235 g/mol. The number of carbonyl (C=O) groups is 1. The number of carbonyl (C=O) groups excluding carboxylic acids is 1. The number of halogens is 1. The Kier molecular flexibility index (Phi) is 3.39. The van der Waals surface area contributed by atoms with Gasteiger partial charge >= 0.3 is 0 Å². The second-order valence-corrected chi connectivity index (χ2v) is 3.33. The van der Waals surface area contributed by atoms with Gasteiger partial charge < -0.3 is 5.32 Å². The molecule has 1 amide bonds. The number of nitrogens with one attached hydrogen (secondary N) is 1. The van der Waals surface area contributed by atoms with E-state index in [1.54, 1.807) is 4.68 Å². The molecule has 0 atom stereocenters. The number of aryl methyl sites for hydroxylation is 1. The van der Waals surface area contributed by atoms with E-state index in [2.05, 4.69) is 20.4 Å². The predicted molar refractivity (Wildman–Crippen MR) is 57.5 cm³/mol. The molecule has 0 aliphatic heterocycles. The van der Waals surface area contributed by atoms with E-state index < -0.39 is 5.95 Å². The molecule has 0 aliphatic carbocycles. The van der Waals surface area contributed by atoms with E-state index in [4.69, 9.17) is 0 Å². The highest BCUT2D eigenvalue weighted by Crippen LogP contribution is 2.05. The number of hydrogen-bond donors (Lipinski definition) is 1. The summed E-state index contributed by atoms with van der Waals surface area (Å²) >= 11 is 0. The first-order chi connectivity index (χ1) is 8.24. The van der Waals surface area contributed by atoms with Crippen molar-refractivity contribution in [2.45, 2.75) is 13.0 Å². The number of amides is 1. The molecule has 0 fully saturated rings. The first-order valence-corrected chi connectivity index (χ1v) is 4.98. The van der Waals surface area contributed by atoms with Crippen molar-refractivity contribution in [2.24, 2.45) is 0 Å². The highest BCUT2D eigenvalue weighted by atomic mass is 19.1. The summed E-state index contributed by atoms with van der Waals surface area (Å²) in [4.78, 5) is 18.7. The van der Waals surface area contributed by atoms with Crippen LogP contribution < -0.4 is 5.32 Å². The Labute approximate surface area is 96.5 Å². The summed E-state index contributed by atoms with van der Waals surface area (Å²) in [7, 11) is 0. The third-order valence-electron chi connectivity index (χ3n) is 2.05. The van der Waals surface area contributed by atoms with Gasteiger partial charge in [-0.2, -0.15) is 9.49 Å². The van der Waals surface area contributed by atoms with Gasteiger partial charge in [0.25, 0.3) is 0 Å². The van der Waals surface area contributed by atoms with Gasteiger partial charge in [0, 0.05) is 6.42 Å². The van der Waals surface area contributed by atoms with Gasteiger partial charge in [0.15, 0.2) is 0 Å². The van der Waals surface area contributed by atoms with Gasteiger partial charge in [-0.15, -0.1) is 0 Å². The first kappa shape index (κ1) is 11.2. The van der Waals surface area contributed by atoms with Crippen molar-refractivity contribution >= 4 is 11.6 Å². The molecular weight excluding hydrogens is 225 g/mol. The third kappa shape index (κ3) is 3.33. The molecular formula is C10H10FN5O. The normalized spacial score (nSPS) is 10.2. The Balaban J connectivity index is 1.83. The molecule has 2 aromatic rings. The van der Waals surface area contributed by atoms with E-state index in [0.717, 1.165) is 0 Å². The average molecular weight is 235 g/mol. The smallest absolute Gasteiger partial charge is 0.226 e. The summed E-state index contributed by atoms with van der Waals surface area (Å²) in [6, 6.07) is 2.64. The van der Waals surface area contributed by atoms with Gasteiger partial charge in [0.05, 0.1) is 18.4 Å². The fourth-order valence-corrected chi connectivity index (χ4v) is 1.24. The van der Waals surface area contributed by atoms with Gasteiger partial charge in [-0.1, -0.05) is 0 Å². The van der Waals surface area contributed by atoms with Crippen LogP contribution in [0, 0.1) is 5.95 Å². The van der Waals surface area contributed by atoms with Gasteiger partial charge in [-0.3, -0.25) is 9.48 Å². The lowest BCUT2D eigenvalue weighted by Crippen LogP contribution is -2.14. The third-order valence-corrected chi connectivity index (χ3v) is 2.05. The maximum atomic E-state index is 12.5. The van der Waals surface area contributed by atoms with Crippen LogP contribution in [0.25, 0.3) is 0 Å². The molecule has 0 spiro atoms. The lowest BCUT2D eigenvalue weighted by atomic mass is 10.3. The molecule has 88 valence electrons. The Morgan fingerprint density at radius 1 is 1.47 bits per heavy atom. The van der Waals surface area contributed by atoms with Crippen LogP contribution in [0.1, 0.15) is 6.42 Å². The van der Waals surface area contributed by atoms with Crippen LogP contribution in [0.5, 0.6) is 0 Å². The number of pyridine rings is 1. The minimum atomic E-state index is -0.578. The maximum absolute atomic E-state index is 12.5. The zero-order chi connectivity index (χ0) is 12.1. The largest absolute Gasteiger partial charge is 0.325 e. The summed E-state index contributed by atoms with van der Waals surface area (Å²) in [6.45, 7) is 0.445. The second kappa shape index (κ2) is 5.15. The maximum Gasteiger partial charge on any atom is 0.226 e. The number of anilines is 1. The van der Waals surface area contributed by atoms with Crippen LogP contribution in [0.15, 0.2) is 31.0 Å². The molecule has 17 heavy (non-hydrogen) atoms. The molecule has 7 heteroatoms. The minimum absolute atomic E-state index is 0.186. The number of aromatic nitrogens is 4. The molecule has 6 nitrogen and oxygen atoms in total. The van der Waals surface area contributed by atoms with Gasteiger partial charge in [0.1, 0.15) is 12.7 Å². The van der Waals surface area contributed by atoms with Gasteiger partial charge in [-0.05, 0) is 12.1 Å². The Morgan fingerprint density at radius 2 is 2.35 bits per heavy atom. The molecule has 0 aliphatic rings. The Bertz CT molecular complexity index is 482. The predicted octanol–water partition coefficient (Wildman–Crippen LogP) is 0.841. The zero-order valence-electron chi connectivity index (χ0n) is 8.88. The molecule has 0 bridgehead atoms. The molecule has 0 saturated heterocycles. The van der Waals surface area contributed by atoms with Gasteiger partial charge in [0.2, 0.25) is 11.9 Å². The first-order valence-electron chi connectivity index (χ1n) is 4.98. The summed E-state index contributed by atoms with van der Waals surface area (Å²) in [5, 5.41) is 6.47. The summed E-state index contributed by atoms with van der Waals surface area (Å²) < 4.78 is 14.1. The quantitative estimate of drug-likeness (QED) is 0.797. The molecule has 0 radical (unpaired) electrons. The van der Waals surface area contributed by atoms with Crippen molar-refractivity contribution in [3.63, 3.8) is 0 Å². The minimum Gasteiger partial charge on any atom is -0.325 e. The summed E-state index contributed by atoms with van der Waals surface area (Å²) in [6.07, 6.45) is 4.47. The topological polar surface area (TPSA) is 72.7 Å². The molecule has 1 N–H and O–H groups in total. The van der Waals surface area contributed by atoms with Crippen molar-refractivity contribution in [1.82, 2.24) is 19.7 Å². The van der Waals surface area contributed by atoms with Crippen LogP contribution in [0.4, 0.5) is 10.1 Å². The van der Waals surface area contributed by atoms with Crippen LogP contribution in [0.2, 0.25) is 0 Å². The molecule has 2 heterocycles. The fraction of sp³-hybridized carbons (Fsp3) is 0.200. The molecule has 2 rings (SSSR count).